The summed E-state index contributed by atoms with van der Waals surface area (Å²) in [6, 6.07) is 14.1. The highest BCUT2D eigenvalue weighted by Gasteiger charge is 2.26. The lowest BCUT2D eigenvalue weighted by Gasteiger charge is -2.33. The van der Waals surface area contributed by atoms with Gasteiger partial charge in [-0.15, -0.1) is 5.10 Å². The fourth-order valence-electron chi connectivity index (χ4n) is 3.60. The van der Waals surface area contributed by atoms with Crippen LogP contribution in [-0.2, 0) is 13.5 Å². The van der Waals surface area contributed by atoms with E-state index in [0.29, 0.717) is 0 Å². The minimum Gasteiger partial charge on any atom is -0.321 e. The van der Waals surface area contributed by atoms with Gasteiger partial charge in [0.25, 0.3) is 0 Å². The van der Waals surface area contributed by atoms with Gasteiger partial charge in [0.05, 0.1) is 11.6 Å². The van der Waals surface area contributed by atoms with Gasteiger partial charge >= 0.3 is 6.03 Å². The largest absolute Gasteiger partial charge is 0.322 e. The molecule has 1 atom stereocenters. The third-order valence-electron chi connectivity index (χ3n) is 4.99. The maximum atomic E-state index is 12.7. The second-order valence-corrected chi connectivity index (χ2v) is 6.56. The molecule has 0 radical (unpaired) electrons. The summed E-state index contributed by atoms with van der Waals surface area (Å²) in [7, 11) is 3.71. The quantitative estimate of drug-likeness (QED) is 0.779. The van der Waals surface area contributed by atoms with Gasteiger partial charge in [-0.05, 0) is 48.6 Å². The summed E-state index contributed by atoms with van der Waals surface area (Å²) in [4.78, 5) is 14.5. The molecule has 1 heterocycles. The van der Waals surface area contributed by atoms with Crippen molar-refractivity contribution < 1.29 is 4.79 Å². The zero-order valence-electron chi connectivity index (χ0n) is 14.4. The number of carbonyl (C=O) groups excluding carboxylic acids is 1. The van der Waals surface area contributed by atoms with Crippen LogP contribution in [0.3, 0.4) is 0 Å². The van der Waals surface area contributed by atoms with Gasteiger partial charge in [0.15, 0.2) is 0 Å². The molecule has 0 aliphatic heterocycles. The standard InChI is InChI=1S/C19H21N5O/c1-23(17-9-5-7-13-6-3-4-8-15(13)17)19(25)20-14-10-11-18-16(12-14)21-22-24(18)2/h3-4,6,8,10-12,17H,5,7,9H2,1-2H3,(H,20,25)/t17-/m1/s1. The lowest BCUT2D eigenvalue weighted by atomic mass is 9.87. The van der Waals surface area contributed by atoms with E-state index < -0.39 is 0 Å². The van der Waals surface area contributed by atoms with Crippen LogP contribution in [0.2, 0.25) is 0 Å². The van der Waals surface area contributed by atoms with Crippen molar-refractivity contribution in [3.05, 3.63) is 53.6 Å². The average molecular weight is 335 g/mol. The predicted molar refractivity (Wildman–Crippen MR) is 97.4 cm³/mol. The molecular formula is C19H21N5O. The first-order valence-corrected chi connectivity index (χ1v) is 8.54. The number of hydrogen-bond acceptors (Lipinski definition) is 3. The van der Waals surface area contributed by atoms with Gasteiger partial charge in [0, 0.05) is 19.8 Å². The summed E-state index contributed by atoms with van der Waals surface area (Å²) in [5.41, 5.74) is 5.04. The molecule has 0 fully saturated rings. The van der Waals surface area contributed by atoms with Crippen LogP contribution in [0.5, 0.6) is 0 Å². The zero-order valence-corrected chi connectivity index (χ0v) is 14.4. The number of fused-ring (bicyclic) bond motifs is 2. The van der Waals surface area contributed by atoms with Crippen molar-refractivity contribution in [1.29, 1.82) is 0 Å². The highest BCUT2D eigenvalue weighted by Crippen LogP contribution is 2.33. The third kappa shape index (κ3) is 2.84. The number of aryl methyl sites for hydroxylation is 2. The van der Waals surface area contributed by atoms with Crippen molar-refractivity contribution in [3.63, 3.8) is 0 Å². The first kappa shape index (κ1) is 15.6. The van der Waals surface area contributed by atoms with Crippen LogP contribution in [0.1, 0.15) is 30.0 Å². The minimum atomic E-state index is -0.107. The number of carbonyl (C=O) groups is 1. The number of nitrogens with zero attached hydrogens (tertiary/aromatic N) is 4. The van der Waals surface area contributed by atoms with Crippen LogP contribution < -0.4 is 5.32 Å². The van der Waals surface area contributed by atoms with Crippen molar-refractivity contribution in [1.82, 2.24) is 19.9 Å². The molecule has 6 nitrogen and oxygen atoms in total. The van der Waals surface area contributed by atoms with Crippen molar-refractivity contribution >= 4 is 22.8 Å². The number of anilines is 1. The molecule has 2 amide bonds. The summed E-state index contributed by atoms with van der Waals surface area (Å²) in [6.45, 7) is 0. The monoisotopic (exact) mass is 335 g/mol. The van der Waals surface area contributed by atoms with E-state index in [0.717, 1.165) is 36.0 Å². The van der Waals surface area contributed by atoms with Crippen LogP contribution in [0.4, 0.5) is 10.5 Å². The van der Waals surface area contributed by atoms with E-state index in [-0.39, 0.29) is 12.1 Å². The molecule has 2 aromatic carbocycles. The lowest BCUT2D eigenvalue weighted by Crippen LogP contribution is -2.36. The Hall–Kier alpha value is -2.89. The van der Waals surface area contributed by atoms with Gasteiger partial charge in [-0.25, -0.2) is 9.48 Å². The van der Waals surface area contributed by atoms with Crippen molar-refractivity contribution in [3.8, 4) is 0 Å². The molecular weight excluding hydrogens is 314 g/mol. The van der Waals surface area contributed by atoms with Crippen LogP contribution in [0, 0.1) is 0 Å². The first-order chi connectivity index (χ1) is 12.1. The number of aromatic nitrogens is 3. The fourth-order valence-corrected chi connectivity index (χ4v) is 3.60. The van der Waals surface area contributed by atoms with Crippen molar-refractivity contribution in [2.24, 2.45) is 7.05 Å². The SMILES string of the molecule is CN(C(=O)Nc1ccc2c(c1)nnn2C)[C@@H]1CCCc2ccccc21. The fraction of sp³-hybridized carbons (Fsp3) is 0.316. The van der Waals surface area contributed by atoms with Crippen molar-refractivity contribution in [2.45, 2.75) is 25.3 Å². The van der Waals surface area contributed by atoms with E-state index in [1.54, 1.807) is 9.58 Å². The molecule has 1 N–H and O–H groups in total. The maximum absolute atomic E-state index is 12.7. The Bertz CT molecular complexity index is 932. The molecule has 6 heteroatoms. The molecule has 0 saturated heterocycles. The van der Waals surface area contributed by atoms with E-state index >= 15 is 0 Å². The molecule has 0 unspecified atom stereocenters. The lowest BCUT2D eigenvalue weighted by molar-refractivity contribution is 0.197. The summed E-state index contributed by atoms with van der Waals surface area (Å²) >= 11 is 0. The van der Waals surface area contributed by atoms with Gasteiger partial charge in [-0.3, -0.25) is 0 Å². The molecule has 1 aliphatic carbocycles. The number of nitrogens with one attached hydrogen (secondary N) is 1. The first-order valence-electron chi connectivity index (χ1n) is 8.54. The van der Waals surface area contributed by atoms with E-state index in [4.69, 9.17) is 0 Å². The van der Waals surface area contributed by atoms with Crippen LogP contribution in [0.25, 0.3) is 11.0 Å². The molecule has 1 aliphatic rings. The van der Waals surface area contributed by atoms with Gasteiger partial charge in [-0.1, -0.05) is 29.5 Å². The Kier molecular flexibility index (Phi) is 3.87. The normalized spacial score (nSPS) is 16.5. The van der Waals surface area contributed by atoms with Crippen LogP contribution in [0.15, 0.2) is 42.5 Å². The highest BCUT2D eigenvalue weighted by atomic mass is 16.2. The van der Waals surface area contributed by atoms with Gasteiger partial charge in [0.2, 0.25) is 0 Å². The van der Waals surface area contributed by atoms with E-state index in [9.17, 15) is 4.79 Å². The van der Waals surface area contributed by atoms with Gasteiger partial charge in [0.1, 0.15) is 5.52 Å². The van der Waals surface area contributed by atoms with E-state index in [1.165, 1.54) is 11.1 Å². The Morgan fingerprint density at radius 2 is 2.12 bits per heavy atom. The van der Waals surface area contributed by atoms with Crippen molar-refractivity contribution in [2.75, 3.05) is 12.4 Å². The molecule has 0 saturated carbocycles. The van der Waals surface area contributed by atoms with E-state index in [1.807, 2.05) is 38.4 Å². The summed E-state index contributed by atoms with van der Waals surface area (Å²) < 4.78 is 1.71. The van der Waals surface area contributed by atoms with Gasteiger partial charge in [-0.2, -0.15) is 0 Å². The Morgan fingerprint density at radius 1 is 1.28 bits per heavy atom. The predicted octanol–water partition coefficient (Wildman–Crippen LogP) is 3.51. The second-order valence-electron chi connectivity index (χ2n) is 6.56. The summed E-state index contributed by atoms with van der Waals surface area (Å²) in [6.07, 6.45) is 3.18. The zero-order chi connectivity index (χ0) is 17.4. The molecule has 3 aromatic rings. The molecule has 128 valence electrons. The minimum absolute atomic E-state index is 0.107. The summed E-state index contributed by atoms with van der Waals surface area (Å²) in [5.74, 6) is 0. The second kappa shape index (κ2) is 6.20. The highest BCUT2D eigenvalue weighted by molar-refractivity contribution is 5.92. The average Bonchev–Trinajstić information content (AvgIpc) is 3.01. The maximum Gasteiger partial charge on any atom is 0.322 e. The Labute approximate surface area is 146 Å². The molecule has 25 heavy (non-hydrogen) atoms. The molecule has 0 spiro atoms. The molecule has 0 bridgehead atoms. The summed E-state index contributed by atoms with van der Waals surface area (Å²) in [5, 5.41) is 11.1. The number of urea groups is 1. The third-order valence-corrected chi connectivity index (χ3v) is 4.99. The number of hydrogen-bond donors (Lipinski definition) is 1. The molecule has 1 aromatic heterocycles. The number of rotatable bonds is 2. The Balaban J connectivity index is 1.54. The number of amides is 2. The number of benzene rings is 2. The Morgan fingerprint density at radius 3 is 3.00 bits per heavy atom. The molecule has 4 rings (SSSR count). The smallest absolute Gasteiger partial charge is 0.321 e. The van der Waals surface area contributed by atoms with Gasteiger partial charge < -0.3 is 10.2 Å². The van der Waals surface area contributed by atoms with Crippen LogP contribution in [-0.4, -0.2) is 33.0 Å². The van der Waals surface area contributed by atoms with Crippen LogP contribution >= 0.6 is 0 Å². The topological polar surface area (TPSA) is 63.1 Å². The van der Waals surface area contributed by atoms with E-state index in [2.05, 4.69) is 33.8 Å².